The number of hydrogen-bond acceptors (Lipinski definition) is 6. The summed E-state index contributed by atoms with van der Waals surface area (Å²) in [6.45, 7) is 0. The molecule has 7 aromatic carbocycles. The lowest BCUT2D eigenvalue weighted by molar-refractivity contribution is 1.18. The molecule has 276 valence electrons. The van der Waals surface area contributed by atoms with Crippen LogP contribution in [-0.4, -0.2) is 24.5 Å². The molecule has 0 saturated carbocycles. The smallest absolute Gasteiger partial charge is 0.124 e. The zero-order valence-corrected chi connectivity index (χ0v) is 33.1. The molecule has 0 fully saturated rings. The summed E-state index contributed by atoms with van der Waals surface area (Å²) in [6.07, 6.45) is 7.41. The van der Waals surface area contributed by atoms with Crippen molar-refractivity contribution < 1.29 is 0 Å². The van der Waals surface area contributed by atoms with Crippen LogP contribution < -0.4 is 0 Å². The van der Waals surface area contributed by atoms with Crippen LogP contribution >= 0.6 is 22.7 Å². The number of rotatable bonds is 6. The van der Waals surface area contributed by atoms with E-state index in [-0.39, 0.29) is 0 Å². The molecule has 0 unspecified atom stereocenters. The largest absolute Gasteiger partial charge is 0.309 e. The third kappa shape index (κ3) is 5.90. The summed E-state index contributed by atoms with van der Waals surface area (Å²) in [5.74, 6) is 0. The molecule has 0 amide bonds. The van der Waals surface area contributed by atoms with Gasteiger partial charge in [-0.05, 0) is 124 Å². The molecule has 0 radical (unpaired) electrons. The van der Waals surface area contributed by atoms with Crippen LogP contribution in [0, 0.1) is 0 Å². The maximum absolute atomic E-state index is 5.18. The van der Waals surface area contributed by atoms with Crippen LogP contribution in [-0.2, 0) is 0 Å². The molecule has 0 aliphatic rings. The van der Waals surface area contributed by atoms with E-state index in [0.29, 0.717) is 0 Å². The summed E-state index contributed by atoms with van der Waals surface area (Å²) in [7, 11) is 0. The lowest BCUT2D eigenvalue weighted by Gasteiger charge is -2.10. The number of thiazole rings is 2. The van der Waals surface area contributed by atoms with E-state index in [0.717, 1.165) is 80.5 Å². The Morgan fingerprint density at radius 2 is 0.881 bits per heavy atom. The highest BCUT2D eigenvalue weighted by Crippen LogP contribution is 2.41. The van der Waals surface area contributed by atoms with Crippen molar-refractivity contribution >= 4 is 75.7 Å². The molecule has 12 rings (SSSR count). The zero-order chi connectivity index (χ0) is 38.9. The topological polar surface area (TPSA) is 56.5 Å². The first-order valence-corrected chi connectivity index (χ1v) is 21.1. The average Bonchev–Trinajstić information content (AvgIpc) is 4.03. The zero-order valence-electron chi connectivity index (χ0n) is 31.5. The van der Waals surface area contributed by atoms with Crippen molar-refractivity contribution in [2.24, 2.45) is 0 Å². The summed E-state index contributed by atoms with van der Waals surface area (Å²) in [6, 6.07) is 58.9. The van der Waals surface area contributed by atoms with Gasteiger partial charge in [-0.2, -0.15) is 0 Å². The minimum Gasteiger partial charge on any atom is -0.309 e. The number of aromatic nitrogens is 5. The second-order valence-corrected chi connectivity index (χ2v) is 16.9. The molecule has 0 saturated heterocycles. The highest BCUT2D eigenvalue weighted by atomic mass is 32.1. The molecule has 59 heavy (non-hydrogen) atoms. The van der Waals surface area contributed by atoms with Crippen molar-refractivity contribution in [1.82, 2.24) is 24.5 Å². The molecule has 0 bridgehead atoms. The van der Waals surface area contributed by atoms with E-state index >= 15 is 0 Å². The van der Waals surface area contributed by atoms with Gasteiger partial charge in [0.2, 0.25) is 0 Å². The molecule has 12 aromatic rings. The summed E-state index contributed by atoms with van der Waals surface area (Å²) in [4.78, 5) is 19.0. The van der Waals surface area contributed by atoms with Crippen molar-refractivity contribution in [2.45, 2.75) is 0 Å². The number of hydrogen-bond donors (Lipinski definition) is 0. The SMILES string of the molecule is c1cncc(-c2ccc3sc(-c4ccc5c(c4)c4cc(-c6nc7cc(-c8cccnc8)ccc7s6)ccc4n5-c4ccc(-c5ccc6ccccc6c5)cc4)nc3c2)c1. The maximum atomic E-state index is 5.18. The lowest BCUT2D eigenvalue weighted by atomic mass is 10.0. The molecule has 0 aliphatic carbocycles. The Labute approximate surface area is 347 Å². The minimum atomic E-state index is 0.991. The predicted molar refractivity (Wildman–Crippen MR) is 247 cm³/mol. The van der Waals surface area contributed by atoms with E-state index in [1.807, 2.05) is 24.5 Å². The third-order valence-electron chi connectivity index (χ3n) is 11.2. The molecule has 0 atom stereocenters. The van der Waals surface area contributed by atoms with Crippen LogP contribution in [0.1, 0.15) is 0 Å². The van der Waals surface area contributed by atoms with E-state index in [1.165, 1.54) is 32.7 Å². The minimum absolute atomic E-state index is 0.991. The molecule has 0 aliphatic heterocycles. The van der Waals surface area contributed by atoms with Gasteiger partial charge in [0.25, 0.3) is 0 Å². The van der Waals surface area contributed by atoms with Crippen LogP contribution in [0.5, 0.6) is 0 Å². The van der Waals surface area contributed by atoms with Crippen LogP contribution in [0.4, 0.5) is 0 Å². The van der Waals surface area contributed by atoms with Gasteiger partial charge in [-0.25, -0.2) is 9.97 Å². The fourth-order valence-corrected chi connectivity index (χ4v) is 10.2. The standard InChI is InChI=1S/C52H31N5S2/c1-2-6-34-25-35(10-9-32(34)5-1)33-11-17-42(18-12-33)57-47-19-13-38(51-55-45-28-36(15-21-49(45)58-51)40-7-3-23-53-30-40)26-43(47)44-27-39(14-20-48(44)57)52-56-46-29-37(16-22-50(46)59-52)41-8-4-24-54-31-41/h1-31H. The van der Waals surface area contributed by atoms with Crippen molar-refractivity contribution in [2.75, 3.05) is 0 Å². The van der Waals surface area contributed by atoms with Gasteiger partial charge in [0.15, 0.2) is 0 Å². The molecule has 5 nitrogen and oxygen atoms in total. The maximum Gasteiger partial charge on any atom is 0.124 e. The van der Waals surface area contributed by atoms with E-state index < -0.39 is 0 Å². The summed E-state index contributed by atoms with van der Waals surface area (Å²) < 4.78 is 4.71. The first-order chi connectivity index (χ1) is 29.2. The van der Waals surface area contributed by atoms with E-state index in [9.17, 15) is 0 Å². The van der Waals surface area contributed by atoms with Crippen molar-refractivity contribution in [1.29, 1.82) is 0 Å². The summed E-state index contributed by atoms with van der Waals surface area (Å²) in [5.41, 5.74) is 14.4. The normalized spacial score (nSPS) is 11.7. The van der Waals surface area contributed by atoms with Gasteiger partial charge < -0.3 is 4.57 Å². The van der Waals surface area contributed by atoms with Gasteiger partial charge in [-0.15, -0.1) is 22.7 Å². The van der Waals surface area contributed by atoms with Crippen molar-refractivity contribution in [3.63, 3.8) is 0 Å². The molecular formula is C52H31N5S2. The summed E-state index contributed by atoms with van der Waals surface area (Å²) in [5, 5.41) is 6.83. The van der Waals surface area contributed by atoms with E-state index in [1.54, 1.807) is 35.1 Å². The highest BCUT2D eigenvalue weighted by Gasteiger charge is 2.18. The average molecular weight is 790 g/mol. The fourth-order valence-electron chi connectivity index (χ4n) is 8.27. The van der Waals surface area contributed by atoms with Crippen LogP contribution in [0.15, 0.2) is 189 Å². The second-order valence-electron chi connectivity index (χ2n) is 14.8. The highest BCUT2D eigenvalue weighted by molar-refractivity contribution is 7.22. The van der Waals surface area contributed by atoms with Gasteiger partial charge in [0, 0.05) is 63.5 Å². The Bertz CT molecular complexity index is 3370. The molecule has 5 heterocycles. The van der Waals surface area contributed by atoms with Crippen LogP contribution in [0.3, 0.4) is 0 Å². The molecule has 5 aromatic heterocycles. The fraction of sp³-hybridized carbons (Fsp3) is 0. The monoisotopic (exact) mass is 789 g/mol. The molecule has 7 heteroatoms. The van der Waals surface area contributed by atoms with Crippen LogP contribution in [0.25, 0.3) is 113 Å². The quantitative estimate of drug-likeness (QED) is 0.168. The molecular weight excluding hydrogens is 759 g/mol. The van der Waals surface area contributed by atoms with Crippen molar-refractivity contribution in [3.05, 3.63) is 189 Å². The molecule has 0 spiro atoms. The second kappa shape index (κ2) is 13.7. The Hall–Kier alpha value is -7.32. The van der Waals surface area contributed by atoms with Crippen LogP contribution in [0.2, 0.25) is 0 Å². The van der Waals surface area contributed by atoms with Crippen molar-refractivity contribution in [3.8, 4) is 60.2 Å². The number of pyridine rings is 2. The Kier molecular flexibility index (Phi) is 7.82. The number of fused-ring (bicyclic) bond motifs is 6. The summed E-state index contributed by atoms with van der Waals surface area (Å²) >= 11 is 3.46. The number of benzene rings is 7. The predicted octanol–water partition coefficient (Wildman–Crippen LogP) is 14.3. The first kappa shape index (κ1) is 33.8. The Morgan fingerprint density at radius 1 is 0.373 bits per heavy atom. The van der Waals surface area contributed by atoms with E-state index in [2.05, 4.69) is 166 Å². The van der Waals surface area contributed by atoms with E-state index in [4.69, 9.17) is 9.97 Å². The first-order valence-electron chi connectivity index (χ1n) is 19.5. The lowest BCUT2D eigenvalue weighted by Crippen LogP contribution is -1.94. The Balaban J connectivity index is 0.991. The van der Waals surface area contributed by atoms with Gasteiger partial charge in [-0.1, -0.05) is 72.8 Å². The molecule has 0 N–H and O–H groups in total. The Morgan fingerprint density at radius 3 is 1.44 bits per heavy atom. The van der Waals surface area contributed by atoms with Gasteiger partial charge in [0.05, 0.1) is 31.5 Å². The number of nitrogens with zero attached hydrogens (tertiary/aromatic N) is 5. The van der Waals surface area contributed by atoms with Gasteiger partial charge in [-0.3, -0.25) is 9.97 Å². The van der Waals surface area contributed by atoms with Gasteiger partial charge >= 0.3 is 0 Å². The van der Waals surface area contributed by atoms with Gasteiger partial charge in [0.1, 0.15) is 10.0 Å². The third-order valence-corrected chi connectivity index (χ3v) is 13.4.